The van der Waals surface area contributed by atoms with Gasteiger partial charge < -0.3 is 19.9 Å². The summed E-state index contributed by atoms with van der Waals surface area (Å²) in [6, 6.07) is 16.0. The normalized spacial score (nSPS) is 13.8. The molecule has 1 aromatic heterocycles. The van der Waals surface area contributed by atoms with E-state index in [-0.39, 0.29) is 5.91 Å². The molecule has 1 amide bonds. The van der Waals surface area contributed by atoms with Gasteiger partial charge in [0.15, 0.2) is 0 Å². The number of methoxy groups -OCH3 is 1. The maximum atomic E-state index is 12.5. The third-order valence-corrected chi connectivity index (χ3v) is 5.22. The minimum atomic E-state index is 0.0263. The lowest BCUT2D eigenvalue weighted by atomic mass is 10.1. The Morgan fingerprint density at radius 3 is 2.70 bits per heavy atom. The van der Waals surface area contributed by atoms with Crippen LogP contribution in [-0.2, 0) is 24.2 Å². The molecule has 1 aliphatic heterocycles. The number of para-hydroxylation sites is 1. The summed E-state index contributed by atoms with van der Waals surface area (Å²) < 4.78 is 7.49. The first-order chi connectivity index (χ1) is 13.3. The van der Waals surface area contributed by atoms with Crippen molar-refractivity contribution in [2.75, 3.05) is 25.5 Å². The predicted octanol–water partition coefficient (Wildman–Crippen LogP) is 3.37. The van der Waals surface area contributed by atoms with Crippen LogP contribution in [0.3, 0.4) is 0 Å². The van der Waals surface area contributed by atoms with Crippen molar-refractivity contribution in [3.8, 4) is 5.75 Å². The van der Waals surface area contributed by atoms with Crippen LogP contribution in [0.1, 0.15) is 17.7 Å². The van der Waals surface area contributed by atoms with Crippen LogP contribution in [0.15, 0.2) is 48.5 Å². The molecule has 0 fully saturated rings. The molecule has 0 radical (unpaired) electrons. The molecular formula is C22H25N3O2. The molecular weight excluding hydrogens is 338 g/mol. The molecule has 5 nitrogen and oxygen atoms in total. The number of rotatable bonds is 5. The Balaban J connectivity index is 1.51. The number of carbonyl (C=O) groups is 1. The molecule has 27 heavy (non-hydrogen) atoms. The fraction of sp³-hybridized carbons (Fsp3) is 0.318. The first-order valence-electron chi connectivity index (χ1n) is 9.50. The number of nitrogens with one attached hydrogen (secondary N) is 2. The van der Waals surface area contributed by atoms with Gasteiger partial charge in [-0.3, -0.25) is 4.79 Å². The monoisotopic (exact) mass is 363 g/mol. The van der Waals surface area contributed by atoms with Crippen LogP contribution in [0, 0.1) is 0 Å². The number of benzene rings is 2. The number of aryl methyl sites for hydroxylation is 1. The molecule has 2 heterocycles. The maximum absolute atomic E-state index is 12.5. The van der Waals surface area contributed by atoms with Gasteiger partial charge in [-0.1, -0.05) is 18.2 Å². The van der Waals surface area contributed by atoms with Gasteiger partial charge in [-0.2, -0.15) is 0 Å². The standard InChI is InChI=1S/C22H25N3O2/c1-27-17-8-6-16(7-9-17)24-22(26)12-15-25-20-5-3-2-4-18(20)19-10-13-23-14-11-21(19)25/h2-9,23H,10-15H2,1H3,(H,24,26). The van der Waals surface area contributed by atoms with Crippen LogP contribution in [0.2, 0.25) is 0 Å². The average Bonchev–Trinajstić information content (AvgIpc) is 2.84. The quantitative estimate of drug-likeness (QED) is 0.731. The number of ether oxygens (including phenoxy) is 1. The zero-order valence-electron chi connectivity index (χ0n) is 15.6. The van der Waals surface area contributed by atoms with Crippen LogP contribution < -0.4 is 15.4 Å². The maximum Gasteiger partial charge on any atom is 0.226 e. The van der Waals surface area contributed by atoms with E-state index in [1.54, 1.807) is 7.11 Å². The fourth-order valence-electron chi connectivity index (χ4n) is 3.90. The van der Waals surface area contributed by atoms with Crippen molar-refractivity contribution in [2.45, 2.75) is 25.8 Å². The summed E-state index contributed by atoms with van der Waals surface area (Å²) in [5, 5.41) is 7.78. The van der Waals surface area contributed by atoms with Crippen molar-refractivity contribution in [3.05, 3.63) is 59.8 Å². The largest absolute Gasteiger partial charge is 0.497 e. The minimum Gasteiger partial charge on any atom is -0.497 e. The van der Waals surface area contributed by atoms with Crippen molar-refractivity contribution in [1.82, 2.24) is 9.88 Å². The van der Waals surface area contributed by atoms with Gasteiger partial charge in [0.1, 0.15) is 5.75 Å². The zero-order valence-corrected chi connectivity index (χ0v) is 15.6. The number of carbonyl (C=O) groups excluding carboxylic acids is 1. The van der Waals surface area contributed by atoms with Crippen LogP contribution in [0.25, 0.3) is 10.9 Å². The number of hydrogen-bond acceptors (Lipinski definition) is 3. The molecule has 2 N–H and O–H groups in total. The summed E-state index contributed by atoms with van der Waals surface area (Å²) in [5.41, 5.74) is 4.84. The lowest BCUT2D eigenvalue weighted by Gasteiger charge is -2.11. The summed E-state index contributed by atoms with van der Waals surface area (Å²) in [4.78, 5) is 12.5. The highest BCUT2D eigenvalue weighted by Gasteiger charge is 2.18. The molecule has 0 spiro atoms. The van der Waals surface area contributed by atoms with Crippen molar-refractivity contribution in [1.29, 1.82) is 0 Å². The second kappa shape index (κ2) is 7.84. The van der Waals surface area contributed by atoms with Crippen molar-refractivity contribution in [3.63, 3.8) is 0 Å². The number of amides is 1. The van der Waals surface area contributed by atoms with E-state index < -0.39 is 0 Å². The van der Waals surface area contributed by atoms with Crippen molar-refractivity contribution < 1.29 is 9.53 Å². The Kier molecular flexibility index (Phi) is 5.12. The highest BCUT2D eigenvalue weighted by Crippen LogP contribution is 2.28. The van der Waals surface area contributed by atoms with Crippen molar-refractivity contribution in [2.24, 2.45) is 0 Å². The topological polar surface area (TPSA) is 55.3 Å². The third kappa shape index (κ3) is 3.69. The molecule has 0 saturated heterocycles. The molecule has 0 aliphatic carbocycles. The molecule has 2 aromatic carbocycles. The van der Waals surface area contributed by atoms with E-state index in [9.17, 15) is 4.79 Å². The van der Waals surface area contributed by atoms with Gasteiger partial charge in [0, 0.05) is 48.2 Å². The summed E-state index contributed by atoms with van der Waals surface area (Å²) >= 11 is 0. The summed E-state index contributed by atoms with van der Waals surface area (Å²) in [6.45, 7) is 2.69. The van der Waals surface area contributed by atoms with Gasteiger partial charge in [0.25, 0.3) is 0 Å². The van der Waals surface area contributed by atoms with Crippen LogP contribution in [-0.4, -0.2) is 30.7 Å². The number of anilines is 1. The lowest BCUT2D eigenvalue weighted by Crippen LogP contribution is -2.18. The molecule has 0 unspecified atom stereocenters. The molecule has 0 atom stereocenters. The first-order valence-corrected chi connectivity index (χ1v) is 9.50. The Labute approximate surface area is 159 Å². The third-order valence-electron chi connectivity index (χ3n) is 5.22. The van der Waals surface area contributed by atoms with Gasteiger partial charge in [-0.15, -0.1) is 0 Å². The second-order valence-corrected chi connectivity index (χ2v) is 6.87. The second-order valence-electron chi connectivity index (χ2n) is 6.87. The van der Waals surface area contributed by atoms with Gasteiger partial charge in [-0.05, 0) is 48.9 Å². The van der Waals surface area contributed by atoms with Crippen molar-refractivity contribution >= 4 is 22.5 Å². The Morgan fingerprint density at radius 1 is 1.11 bits per heavy atom. The Morgan fingerprint density at radius 2 is 1.89 bits per heavy atom. The van der Waals surface area contributed by atoms with Crippen LogP contribution >= 0.6 is 0 Å². The van der Waals surface area contributed by atoms with E-state index in [0.29, 0.717) is 13.0 Å². The number of fused-ring (bicyclic) bond motifs is 3. The minimum absolute atomic E-state index is 0.0263. The van der Waals surface area contributed by atoms with E-state index in [1.165, 1.54) is 22.2 Å². The Bertz CT molecular complexity index is 944. The van der Waals surface area contributed by atoms with E-state index in [1.807, 2.05) is 24.3 Å². The SMILES string of the molecule is COc1ccc(NC(=O)CCn2c3c(c4ccccc42)CCNCC3)cc1. The molecule has 0 saturated carbocycles. The van der Waals surface area contributed by atoms with E-state index in [4.69, 9.17) is 4.74 Å². The summed E-state index contributed by atoms with van der Waals surface area (Å²) in [6.07, 6.45) is 2.50. The Hall–Kier alpha value is -2.79. The average molecular weight is 363 g/mol. The lowest BCUT2D eigenvalue weighted by molar-refractivity contribution is -0.116. The first kappa shape index (κ1) is 17.6. The highest BCUT2D eigenvalue weighted by atomic mass is 16.5. The van der Waals surface area contributed by atoms with Gasteiger partial charge in [-0.25, -0.2) is 0 Å². The number of nitrogens with zero attached hydrogens (tertiary/aromatic N) is 1. The number of hydrogen-bond donors (Lipinski definition) is 2. The summed E-state index contributed by atoms with van der Waals surface area (Å²) in [7, 11) is 1.63. The summed E-state index contributed by atoms with van der Waals surface area (Å²) in [5.74, 6) is 0.807. The molecule has 4 rings (SSSR count). The van der Waals surface area contributed by atoms with E-state index in [0.717, 1.165) is 37.4 Å². The fourth-order valence-corrected chi connectivity index (χ4v) is 3.90. The predicted molar refractivity (Wildman–Crippen MR) is 108 cm³/mol. The van der Waals surface area contributed by atoms with Crippen LogP contribution in [0.5, 0.6) is 5.75 Å². The molecule has 5 heteroatoms. The van der Waals surface area contributed by atoms with Gasteiger partial charge in [0.05, 0.1) is 7.11 Å². The highest BCUT2D eigenvalue weighted by molar-refractivity contribution is 5.91. The van der Waals surface area contributed by atoms with E-state index >= 15 is 0 Å². The molecule has 1 aliphatic rings. The zero-order chi connectivity index (χ0) is 18.6. The molecule has 140 valence electrons. The number of aromatic nitrogens is 1. The van der Waals surface area contributed by atoms with Gasteiger partial charge in [0.2, 0.25) is 5.91 Å². The van der Waals surface area contributed by atoms with Crippen LogP contribution in [0.4, 0.5) is 5.69 Å². The van der Waals surface area contributed by atoms with E-state index in [2.05, 4.69) is 39.5 Å². The van der Waals surface area contributed by atoms with Gasteiger partial charge >= 0.3 is 0 Å². The molecule has 0 bridgehead atoms. The molecule has 3 aromatic rings. The smallest absolute Gasteiger partial charge is 0.226 e.